The molecule has 0 unspecified atom stereocenters. The lowest BCUT2D eigenvalue weighted by Crippen LogP contribution is -2.27. The van der Waals surface area contributed by atoms with Crippen molar-refractivity contribution >= 4 is 39.0 Å². The number of amides is 1. The zero-order chi connectivity index (χ0) is 16.4. The van der Waals surface area contributed by atoms with Gasteiger partial charge in [-0.2, -0.15) is 8.42 Å². The van der Waals surface area contributed by atoms with E-state index in [1.165, 1.54) is 24.3 Å². The van der Waals surface area contributed by atoms with Crippen LogP contribution >= 0.6 is 22.9 Å². The van der Waals surface area contributed by atoms with Crippen molar-refractivity contribution in [3.63, 3.8) is 0 Å². The maximum Gasteiger partial charge on any atom is 0.348 e. The average Bonchev–Trinajstić information content (AvgIpc) is 3.18. The number of carbonyl (C=O) groups excluding carboxylic acids is 1. The van der Waals surface area contributed by atoms with Crippen LogP contribution < -0.4 is 4.18 Å². The fourth-order valence-electron chi connectivity index (χ4n) is 2.36. The molecule has 1 aliphatic heterocycles. The molecule has 0 radical (unpaired) electrons. The lowest BCUT2D eigenvalue weighted by molar-refractivity contribution is 0.0793. The lowest BCUT2D eigenvalue weighted by Gasteiger charge is -2.15. The number of carbonyl (C=O) groups is 1. The van der Waals surface area contributed by atoms with E-state index in [-0.39, 0.29) is 15.9 Å². The van der Waals surface area contributed by atoms with Gasteiger partial charge < -0.3 is 9.08 Å². The fraction of sp³-hybridized carbons (Fsp3) is 0.267. The van der Waals surface area contributed by atoms with Crippen molar-refractivity contribution in [2.75, 3.05) is 13.1 Å². The van der Waals surface area contributed by atoms with Crippen molar-refractivity contribution in [1.82, 2.24) is 4.90 Å². The van der Waals surface area contributed by atoms with Crippen molar-refractivity contribution in [3.05, 3.63) is 46.3 Å². The number of hydrogen-bond donors (Lipinski definition) is 0. The Hall–Kier alpha value is -1.57. The molecule has 0 bridgehead atoms. The second-order valence-corrected chi connectivity index (χ2v) is 8.61. The first-order chi connectivity index (χ1) is 11.0. The monoisotopic (exact) mass is 371 g/mol. The molecule has 1 amide bonds. The van der Waals surface area contributed by atoms with Gasteiger partial charge in [0.15, 0.2) is 4.21 Å². The van der Waals surface area contributed by atoms with Crippen LogP contribution in [-0.2, 0) is 10.1 Å². The van der Waals surface area contributed by atoms with E-state index >= 15 is 0 Å². The standard InChI is InChI=1S/C15H14ClNO4S2/c16-13-7-8-14(22-13)23(19,20)21-12-5-3-11(4-6-12)15(18)17-9-1-2-10-17/h3-8H,1-2,9-10H2. The summed E-state index contributed by atoms with van der Waals surface area (Å²) in [6.45, 7) is 1.54. The fourth-order valence-corrected chi connectivity index (χ4v) is 4.73. The minimum absolute atomic E-state index is 0.0399. The third kappa shape index (κ3) is 3.68. The quantitative estimate of drug-likeness (QED) is 0.772. The molecule has 0 aliphatic carbocycles. The third-order valence-corrected chi connectivity index (χ3v) is 6.42. The van der Waals surface area contributed by atoms with Crippen LogP contribution in [-0.4, -0.2) is 32.3 Å². The number of benzene rings is 1. The zero-order valence-electron chi connectivity index (χ0n) is 12.1. The smallest absolute Gasteiger partial charge is 0.348 e. The maximum atomic E-state index is 12.2. The molecule has 2 heterocycles. The molecule has 1 aliphatic rings. The molecule has 5 nitrogen and oxygen atoms in total. The van der Waals surface area contributed by atoms with E-state index in [1.54, 1.807) is 17.0 Å². The van der Waals surface area contributed by atoms with Crippen LogP contribution in [0.15, 0.2) is 40.6 Å². The van der Waals surface area contributed by atoms with Crippen LogP contribution in [0.2, 0.25) is 4.34 Å². The minimum atomic E-state index is -3.90. The van der Waals surface area contributed by atoms with Gasteiger partial charge >= 0.3 is 10.1 Å². The third-order valence-electron chi connectivity index (χ3n) is 3.50. The van der Waals surface area contributed by atoms with E-state index in [2.05, 4.69) is 0 Å². The molecule has 8 heteroatoms. The average molecular weight is 372 g/mol. The summed E-state index contributed by atoms with van der Waals surface area (Å²) in [4.78, 5) is 14.0. The Morgan fingerprint density at radius 1 is 1.09 bits per heavy atom. The first-order valence-corrected chi connectivity index (χ1v) is 9.65. The highest BCUT2D eigenvalue weighted by atomic mass is 35.5. The molecule has 0 N–H and O–H groups in total. The van der Waals surface area contributed by atoms with Crippen LogP contribution in [0.1, 0.15) is 23.2 Å². The summed E-state index contributed by atoms with van der Waals surface area (Å²) in [7, 11) is -3.90. The van der Waals surface area contributed by atoms with Crippen molar-refractivity contribution in [2.45, 2.75) is 17.1 Å². The highest BCUT2D eigenvalue weighted by molar-refractivity contribution is 7.89. The highest BCUT2D eigenvalue weighted by Gasteiger charge is 2.21. The molecular formula is C15H14ClNO4S2. The number of thiophene rings is 1. The molecule has 3 rings (SSSR count). The Kier molecular flexibility index (Phi) is 4.61. The SMILES string of the molecule is O=C(c1ccc(OS(=O)(=O)c2ccc(Cl)s2)cc1)N1CCCC1. The predicted molar refractivity (Wildman–Crippen MR) is 88.7 cm³/mol. The van der Waals surface area contributed by atoms with E-state index in [9.17, 15) is 13.2 Å². The topological polar surface area (TPSA) is 63.7 Å². The lowest BCUT2D eigenvalue weighted by atomic mass is 10.2. The first kappa shape index (κ1) is 16.3. The molecule has 2 aromatic rings. The summed E-state index contributed by atoms with van der Waals surface area (Å²) in [6, 6.07) is 9.01. The number of halogens is 1. The number of hydrogen-bond acceptors (Lipinski definition) is 5. The molecule has 0 saturated carbocycles. The predicted octanol–water partition coefficient (Wildman–Crippen LogP) is 3.41. The molecule has 1 fully saturated rings. The van der Waals surface area contributed by atoms with Gasteiger partial charge in [-0.25, -0.2) is 0 Å². The van der Waals surface area contributed by atoms with Crippen LogP contribution in [0.4, 0.5) is 0 Å². The van der Waals surface area contributed by atoms with Crippen molar-refractivity contribution < 1.29 is 17.4 Å². The molecule has 0 spiro atoms. The Morgan fingerprint density at radius 3 is 2.30 bits per heavy atom. The van der Waals surface area contributed by atoms with Crippen molar-refractivity contribution in [1.29, 1.82) is 0 Å². The molecule has 1 aromatic carbocycles. The van der Waals surface area contributed by atoms with E-state index < -0.39 is 10.1 Å². The Bertz CT molecular complexity index is 808. The van der Waals surface area contributed by atoms with E-state index in [0.717, 1.165) is 37.3 Å². The van der Waals surface area contributed by atoms with Gasteiger partial charge in [-0.3, -0.25) is 4.79 Å². The Morgan fingerprint density at radius 2 is 1.74 bits per heavy atom. The van der Waals surface area contributed by atoms with Crippen molar-refractivity contribution in [3.8, 4) is 5.75 Å². The van der Waals surface area contributed by atoms with E-state index in [1.807, 2.05) is 0 Å². The summed E-state index contributed by atoms with van der Waals surface area (Å²) in [6.07, 6.45) is 2.04. The minimum Gasteiger partial charge on any atom is -0.378 e. The maximum absolute atomic E-state index is 12.2. The molecule has 1 saturated heterocycles. The Labute approximate surface area is 143 Å². The molecule has 1 aromatic heterocycles. The van der Waals surface area contributed by atoms with Gasteiger partial charge in [0.1, 0.15) is 5.75 Å². The molecule has 122 valence electrons. The van der Waals surface area contributed by atoms with Gasteiger partial charge in [-0.15, -0.1) is 11.3 Å². The van der Waals surface area contributed by atoms with Gasteiger partial charge in [-0.05, 0) is 49.2 Å². The summed E-state index contributed by atoms with van der Waals surface area (Å²) in [5, 5.41) is 0. The van der Waals surface area contributed by atoms with Gasteiger partial charge in [0.05, 0.1) is 4.34 Å². The van der Waals surface area contributed by atoms with Gasteiger partial charge in [0.2, 0.25) is 0 Å². The van der Waals surface area contributed by atoms with E-state index in [4.69, 9.17) is 15.8 Å². The van der Waals surface area contributed by atoms with Gasteiger partial charge in [-0.1, -0.05) is 11.6 Å². The van der Waals surface area contributed by atoms with Crippen LogP contribution in [0.25, 0.3) is 0 Å². The summed E-state index contributed by atoms with van der Waals surface area (Å²) >= 11 is 6.67. The summed E-state index contributed by atoms with van der Waals surface area (Å²) < 4.78 is 29.7. The molecule has 0 atom stereocenters. The van der Waals surface area contributed by atoms with Crippen LogP contribution in [0.3, 0.4) is 0 Å². The second-order valence-electron chi connectivity index (χ2n) is 5.12. The van der Waals surface area contributed by atoms with Gasteiger partial charge in [0.25, 0.3) is 5.91 Å². The summed E-state index contributed by atoms with van der Waals surface area (Å²) in [5.74, 6) is 0.120. The van der Waals surface area contributed by atoms with Crippen molar-refractivity contribution in [2.24, 2.45) is 0 Å². The van der Waals surface area contributed by atoms with Crippen LogP contribution in [0.5, 0.6) is 5.75 Å². The van der Waals surface area contributed by atoms with E-state index in [0.29, 0.717) is 9.90 Å². The molecular weight excluding hydrogens is 358 g/mol. The zero-order valence-corrected chi connectivity index (χ0v) is 14.5. The highest BCUT2D eigenvalue weighted by Crippen LogP contribution is 2.28. The number of likely N-dealkylation sites (tertiary alicyclic amines) is 1. The van der Waals surface area contributed by atoms with Gasteiger partial charge in [0, 0.05) is 18.7 Å². The van der Waals surface area contributed by atoms with Crippen LogP contribution in [0, 0.1) is 0 Å². The Balaban J connectivity index is 1.73. The summed E-state index contributed by atoms with van der Waals surface area (Å²) in [5.41, 5.74) is 0.524. The molecule has 23 heavy (non-hydrogen) atoms. The second kappa shape index (κ2) is 6.51. The number of rotatable bonds is 4. The number of nitrogens with zero attached hydrogens (tertiary/aromatic N) is 1. The normalized spacial score (nSPS) is 14.9. The first-order valence-electron chi connectivity index (χ1n) is 7.05. The largest absolute Gasteiger partial charge is 0.378 e.